The average molecular weight is 229 g/mol. The van der Waals surface area contributed by atoms with E-state index in [2.05, 4.69) is 0 Å². The van der Waals surface area contributed by atoms with E-state index in [0.717, 1.165) is 6.07 Å². The molecule has 3 nitrogen and oxygen atoms in total. The Labute approximate surface area is 92.2 Å². The molecule has 0 bridgehead atoms. The molecule has 0 aliphatic rings. The minimum absolute atomic E-state index is 0.0827. The van der Waals surface area contributed by atoms with Gasteiger partial charge in [-0.1, -0.05) is 0 Å². The molecule has 0 atom stereocenters. The Kier molecular flexibility index (Phi) is 4.37. The van der Waals surface area contributed by atoms with Gasteiger partial charge in [0.1, 0.15) is 5.75 Å². The lowest BCUT2D eigenvalue weighted by Gasteiger charge is -2.09. The van der Waals surface area contributed by atoms with Gasteiger partial charge in [0.25, 0.3) is 6.43 Å². The lowest BCUT2D eigenvalue weighted by molar-refractivity contribution is 0.0985. The standard InChI is InChI=1S/C11H13F2NO2/c1-16-10-3-2-7(9(15)4-5-14)6-8(10)11(12)13/h2-3,6,11H,4-5,14H2,1H3. The average Bonchev–Trinajstić information content (AvgIpc) is 2.28. The zero-order valence-corrected chi connectivity index (χ0v) is 8.87. The normalized spacial score (nSPS) is 10.6. The molecule has 1 aromatic carbocycles. The predicted molar refractivity (Wildman–Crippen MR) is 56.0 cm³/mol. The number of ether oxygens (including phenoxy) is 1. The van der Waals surface area contributed by atoms with Gasteiger partial charge in [0, 0.05) is 12.0 Å². The van der Waals surface area contributed by atoms with Crippen LogP contribution >= 0.6 is 0 Å². The van der Waals surface area contributed by atoms with Gasteiger partial charge in [-0.05, 0) is 24.7 Å². The summed E-state index contributed by atoms with van der Waals surface area (Å²) in [6.07, 6.45) is -2.52. The van der Waals surface area contributed by atoms with E-state index in [1.165, 1.54) is 19.2 Å². The summed E-state index contributed by atoms with van der Waals surface area (Å²) in [4.78, 5) is 11.5. The lowest BCUT2D eigenvalue weighted by Crippen LogP contribution is -2.08. The number of alkyl halides is 2. The van der Waals surface area contributed by atoms with Crippen molar-refractivity contribution in [2.45, 2.75) is 12.8 Å². The smallest absolute Gasteiger partial charge is 0.267 e. The van der Waals surface area contributed by atoms with Crippen molar-refractivity contribution in [3.05, 3.63) is 29.3 Å². The molecule has 0 radical (unpaired) electrons. The first-order chi connectivity index (χ1) is 7.60. The fourth-order valence-electron chi connectivity index (χ4n) is 1.35. The van der Waals surface area contributed by atoms with Crippen molar-refractivity contribution in [3.8, 4) is 5.75 Å². The van der Waals surface area contributed by atoms with Crippen LogP contribution in [0.2, 0.25) is 0 Å². The highest BCUT2D eigenvalue weighted by molar-refractivity contribution is 5.96. The van der Waals surface area contributed by atoms with Gasteiger partial charge in [-0.3, -0.25) is 4.79 Å². The molecule has 0 saturated carbocycles. The second-order valence-corrected chi connectivity index (χ2v) is 3.22. The molecule has 2 N–H and O–H groups in total. The Balaban J connectivity index is 3.06. The molecule has 5 heteroatoms. The fourth-order valence-corrected chi connectivity index (χ4v) is 1.35. The molecule has 1 aromatic rings. The van der Waals surface area contributed by atoms with Gasteiger partial charge in [0.05, 0.1) is 12.7 Å². The molecule has 0 fully saturated rings. The van der Waals surface area contributed by atoms with E-state index in [1.807, 2.05) is 0 Å². The molecule has 16 heavy (non-hydrogen) atoms. The van der Waals surface area contributed by atoms with Crippen LogP contribution in [-0.2, 0) is 0 Å². The first-order valence-electron chi connectivity index (χ1n) is 4.79. The largest absolute Gasteiger partial charge is 0.496 e. The van der Waals surface area contributed by atoms with Crippen LogP contribution in [0.15, 0.2) is 18.2 Å². The van der Waals surface area contributed by atoms with Crippen LogP contribution in [-0.4, -0.2) is 19.4 Å². The number of halogens is 2. The van der Waals surface area contributed by atoms with Gasteiger partial charge in [-0.15, -0.1) is 0 Å². The summed E-state index contributed by atoms with van der Waals surface area (Å²) in [5, 5.41) is 0. The maximum atomic E-state index is 12.6. The number of benzene rings is 1. The third-order valence-electron chi connectivity index (χ3n) is 2.16. The molecule has 1 rings (SSSR count). The van der Waals surface area contributed by atoms with Crippen LogP contribution in [0.3, 0.4) is 0 Å². The lowest BCUT2D eigenvalue weighted by atomic mass is 10.0. The second kappa shape index (κ2) is 5.55. The number of rotatable bonds is 5. The Morgan fingerprint density at radius 1 is 1.50 bits per heavy atom. The number of carbonyl (C=O) groups excluding carboxylic acids is 1. The number of methoxy groups -OCH3 is 1. The number of Topliss-reactive ketones (excluding diaryl/α,β-unsaturated/α-hetero) is 1. The topological polar surface area (TPSA) is 52.3 Å². The summed E-state index contributed by atoms with van der Waals surface area (Å²) >= 11 is 0. The van der Waals surface area contributed by atoms with Crippen LogP contribution in [0, 0.1) is 0 Å². The van der Waals surface area contributed by atoms with Crippen molar-refractivity contribution >= 4 is 5.78 Å². The molecule has 0 unspecified atom stereocenters. The van der Waals surface area contributed by atoms with Gasteiger partial charge in [-0.25, -0.2) is 8.78 Å². The minimum Gasteiger partial charge on any atom is -0.496 e. The van der Waals surface area contributed by atoms with Crippen molar-refractivity contribution in [2.24, 2.45) is 5.73 Å². The highest BCUT2D eigenvalue weighted by Gasteiger charge is 2.16. The summed E-state index contributed by atoms with van der Waals surface area (Å²) in [6, 6.07) is 3.98. The summed E-state index contributed by atoms with van der Waals surface area (Å²) in [5.41, 5.74) is 5.19. The number of ketones is 1. The monoisotopic (exact) mass is 229 g/mol. The Morgan fingerprint density at radius 2 is 2.19 bits per heavy atom. The van der Waals surface area contributed by atoms with E-state index in [1.54, 1.807) is 0 Å². The third kappa shape index (κ3) is 2.76. The summed E-state index contributed by atoms with van der Waals surface area (Å²) < 4.78 is 30.0. The quantitative estimate of drug-likeness (QED) is 0.787. The molecule has 0 aliphatic carbocycles. The van der Waals surface area contributed by atoms with Crippen molar-refractivity contribution < 1.29 is 18.3 Å². The van der Waals surface area contributed by atoms with Crippen LogP contribution in [0.4, 0.5) is 8.78 Å². The number of hydrogen-bond donors (Lipinski definition) is 1. The highest BCUT2D eigenvalue weighted by atomic mass is 19.3. The SMILES string of the molecule is COc1ccc(C(=O)CCN)cc1C(F)F. The second-order valence-electron chi connectivity index (χ2n) is 3.22. The first kappa shape index (κ1) is 12.6. The molecular weight excluding hydrogens is 216 g/mol. The molecule has 88 valence electrons. The molecule has 0 aromatic heterocycles. The number of hydrogen-bond acceptors (Lipinski definition) is 3. The summed E-state index contributed by atoms with van der Waals surface area (Å²) in [7, 11) is 1.31. The molecule has 0 heterocycles. The molecule has 0 aliphatic heterocycles. The first-order valence-corrected chi connectivity index (χ1v) is 4.79. The zero-order valence-electron chi connectivity index (χ0n) is 8.87. The third-order valence-corrected chi connectivity index (χ3v) is 2.16. The highest BCUT2D eigenvalue weighted by Crippen LogP contribution is 2.29. The Hall–Kier alpha value is -1.49. The summed E-state index contributed by atoms with van der Waals surface area (Å²) in [6.45, 7) is 0.203. The zero-order chi connectivity index (χ0) is 12.1. The van der Waals surface area contributed by atoms with Crippen LogP contribution < -0.4 is 10.5 Å². The Bertz CT molecular complexity index is 380. The van der Waals surface area contributed by atoms with Gasteiger partial charge in [-0.2, -0.15) is 0 Å². The van der Waals surface area contributed by atoms with Gasteiger partial charge in [0.2, 0.25) is 0 Å². The van der Waals surface area contributed by atoms with Gasteiger partial charge >= 0.3 is 0 Å². The van der Waals surface area contributed by atoms with Crippen LogP contribution in [0.5, 0.6) is 5.75 Å². The van der Waals surface area contributed by atoms with Crippen molar-refractivity contribution in [2.75, 3.05) is 13.7 Å². The van der Waals surface area contributed by atoms with Crippen molar-refractivity contribution in [1.82, 2.24) is 0 Å². The van der Waals surface area contributed by atoms with Gasteiger partial charge in [0.15, 0.2) is 5.78 Å². The van der Waals surface area contributed by atoms with Crippen molar-refractivity contribution in [1.29, 1.82) is 0 Å². The summed E-state index contributed by atoms with van der Waals surface area (Å²) in [5.74, 6) is -0.161. The van der Waals surface area contributed by atoms with Crippen molar-refractivity contribution in [3.63, 3.8) is 0 Å². The number of nitrogens with two attached hydrogens (primary N) is 1. The molecule has 0 spiro atoms. The number of carbonyl (C=O) groups is 1. The van der Waals surface area contributed by atoms with E-state index in [-0.39, 0.29) is 35.6 Å². The van der Waals surface area contributed by atoms with Crippen LogP contribution in [0.25, 0.3) is 0 Å². The molecular formula is C11H13F2NO2. The van der Waals surface area contributed by atoms with E-state index in [9.17, 15) is 13.6 Å². The van der Waals surface area contributed by atoms with Gasteiger partial charge < -0.3 is 10.5 Å². The fraction of sp³-hybridized carbons (Fsp3) is 0.364. The van der Waals surface area contributed by atoms with E-state index in [0.29, 0.717) is 0 Å². The van der Waals surface area contributed by atoms with E-state index in [4.69, 9.17) is 10.5 Å². The van der Waals surface area contributed by atoms with E-state index >= 15 is 0 Å². The molecule has 0 amide bonds. The minimum atomic E-state index is -2.67. The van der Waals surface area contributed by atoms with E-state index < -0.39 is 6.43 Å². The molecule has 0 saturated heterocycles. The Morgan fingerprint density at radius 3 is 2.69 bits per heavy atom. The predicted octanol–water partition coefficient (Wildman–Crippen LogP) is 2.16. The maximum Gasteiger partial charge on any atom is 0.267 e. The van der Waals surface area contributed by atoms with Crippen LogP contribution in [0.1, 0.15) is 28.8 Å². The maximum absolute atomic E-state index is 12.6.